The molecular formula is C30H28ClNO6. The van der Waals surface area contributed by atoms with Gasteiger partial charge >= 0.3 is 5.97 Å². The third kappa shape index (κ3) is 4.68. The summed E-state index contributed by atoms with van der Waals surface area (Å²) in [5.41, 5.74) is 3.51. The van der Waals surface area contributed by atoms with E-state index in [0.29, 0.717) is 27.4 Å². The summed E-state index contributed by atoms with van der Waals surface area (Å²) in [4.78, 5) is 41.0. The number of halogens is 1. The summed E-state index contributed by atoms with van der Waals surface area (Å²) in [6.45, 7) is 3.90. The molecule has 1 aromatic heterocycles. The normalized spacial score (nSPS) is 21.1. The van der Waals surface area contributed by atoms with Gasteiger partial charge in [-0.05, 0) is 37.6 Å². The third-order valence-corrected chi connectivity index (χ3v) is 7.54. The van der Waals surface area contributed by atoms with Gasteiger partial charge in [-0.3, -0.25) is 9.59 Å². The van der Waals surface area contributed by atoms with E-state index in [0.717, 1.165) is 11.1 Å². The second-order valence-electron chi connectivity index (χ2n) is 9.69. The number of esters is 1. The molecule has 0 saturated carbocycles. The molecule has 0 saturated heterocycles. The fraction of sp³-hybridized carbons (Fsp3) is 0.300. The fourth-order valence-corrected chi connectivity index (χ4v) is 5.70. The van der Waals surface area contributed by atoms with Crippen LogP contribution in [0.25, 0.3) is 11.0 Å². The monoisotopic (exact) mass is 533 g/mol. The Labute approximate surface area is 225 Å². The summed E-state index contributed by atoms with van der Waals surface area (Å²) in [5.74, 6) is -2.62. The predicted octanol–water partition coefficient (Wildman–Crippen LogP) is 5.16. The lowest BCUT2D eigenvalue weighted by Gasteiger charge is -2.39. The Balaban J connectivity index is 1.67. The van der Waals surface area contributed by atoms with E-state index in [1.54, 1.807) is 25.1 Å². The molecule has 2 aromatic carbocycles. The summed E-state index contributed by atoms with van der Waals surface area (Å²) in [6, 6.07) is 12.8. The highest BCUT2D eigenvalue weighted by Crippen LogP contribution is 2.46. The largest absolute Gasteiger partial charge is 0.464 e. The molecule has 0 bridgehead atoms. The molecule has 8 heteroatoms. The number of ether oxygens (including phenoxy) is 2. The number of benzene rings is 2. The molecule has 3 atom stereocenters. The van der Waals surface area contributed by atoms with Gasteiger partial charge in [-0.15, -0.1) is 0 Å². The van der Waals surface area contributed by atoms with Crippen LogP contribution >= 0.6 is 11.6 Å². The minimum absolute atomic E-state index is 0.0419. The minimum Gasteiger partial charge on any atom is -0.464 e. The van der Waals surface area contributed by atoms with Crippen LogP contribution in [-0.2, 0) is 19.1 Å². The van der Waals surface area contributed by atoms with E-state index in [2.05, 4.69) is 5.32 Å². The summed E-state index contributed by atoms with van der Waals surface area (Å²) in [5, 5.41) is 4.24. The lowest BCUT2D eigenvalue weighted by molar-refractivity contribution is -0.141. The number of Topliss-reactive ketones (excluding diaryl/α,β-unsaturated/α-hetero) is 1. The first-order chi connectivity index (χ1) is 18.3. The second-order valence-corrected chi connectivity index (χ2v) is 10.1. The maximum absolute atomic E-state index is 13.8. The van der Waals surface area contributed by atoms with Crippen LogP contribution in [0.2, 0.25) is 5.02 Å². The zero-order valence-electron chi connectivity index (χ0n) is 21.4. The van der Waals surface area contributed by atoms with Crippen LogP contribution in [0.1, 0.15) is 41.9 Å². The Morgan fingerprint density at radius 3 is 2.63 bits per heavy atom. The number of aryl methyl sites for hydroxylation is 1. The van der Waals surface area contributed by atoms with Gasteiger partial charge < -0.3 is 19.2 Å². The molecule has 2 heterocycles. The van der Waals surface area contributed by atoms with E-state index in [9.17, 15) is 14.4 Å². The van der Waals surface area contributed by atoms with Gasteiger partial charge in [0, 0.05) is 47.3 Å². The van der Waals surface area contributed by atoms with E-state index in [1.807, 2.05) is 37.3 Å². The number of allylic oxidation sites excluding steroid dienone is 3. The van der Waals surface area contributed by atoms with Crippen molar-refractivity contribution in [2.24, 2.45) is 5.92 Å². The smallest absolute Gasteiger partial charge is 0.336 e. The zero-order valence-corrected chi connectivity index (χ0v) is 22.1. The second kappa shape index (κ2) is 10.6. The SMILES string of the molecule is COCCOC(=O)C1=C(C)NC2=CC(c3ccccc3Cl)CC(=O)C2C1c1coc2ccc(C)cc2c1=O. The lowest BCUT2D eigenvalue weighted by Crippen LogP contribution is -2.43. The number of carbonyl (C=O) groups excluding carboxylic acids is 2. The number of nitrogens with one attached hydrogen (secondary N) is 1. The first kappa shape index (κ1) is 25.9. The molecule has 7 nitrogen and oxygen atoms in total. The Hall–Kier alpha value is -3.68. The van der Waals surface area contributed by atoms with Crippen molar-refractivity contribution in [3.63, 3.8) is 0 Å². The van der Waals surface area contributed by atoms with Gasteiger partial charge in [-0.1, -0.05) is 47.5 Å². The Kier molecular flexibility index (Phi) is 7.23. The summed E-state index contributed by atoms with van der Waals surface area (Å²) < 4.78 is 16.3. The molecule has 0 fully saturated rings. The first-order valence-electron chi connectivity index (χ1n) is 12.4. The molecule has 2 aliphatic rings. The number of rotatable bonds is 6. The predicted molar refractivity (Wildman–Crippen MR) is 144 cm³/mol. The van der Waals surface area contributed by atoms with Crippen molar-refractivity contribution in [3.05, 3.63) is 104 Å². The molecule has 196 valence electrons. The summed E-state index contributed by atoms with van der Waals surface area (Å²) >= 11 is 6.45. The van der Waals surface area contributed by atoms with E-state index in [1.165, 1.54) is 13.4 Å². The molecule has 1 aliphatic carbocycles. The maximum Gasteiger partial charge on any atom is 0.336 e. The number of fused-ring (bicyclic) bond motifs is 2. The van der Waals surface area contributed by atoms with Gasteiger partial charge in [0.05, 0.1) is 29.7 Å². The van der Waals surface area contributed by atoms with E-state index in [4.69, 9.17) is 25.5 Å². The van der Waals surface area contributed by atoms with Crippen LogP contribution in [0.3, 0.4) is 0 Å². The van der Waals surface area contributed by atoms with Crippen molar-refractivity contribution in [1.82, 2.24) is 5.32 Å². The first-order valence-corrected chi connectivity index (χ1v) is 12.8. The molecule has 5 rings (SSSR count). The van der Waals surface area contributed by atoms with Gasteiger partial charge in [0.25, 0.3) is 0 Å². The van der Waals surface area contributed by atoms with Gasteiger partial charge in [-0.2, -0.15) is 0 Å². The van der Waals surface area contributed by atoms with Gasteiger partial charge in [0.15, 0.2) is 5.43 Å². The molecule has 38 heavy (non-hydrogen) atoms. The van der Waals surface area contributed by atoms with Crippen molar-refractivity contribution in [2.75, 3.05) is 20.3 Å². The average molecular weight is 534 g/mol. The van der Waals surface area contributed by atoms with Crippen LogP contribution < -0.4 is 10.7 Å². The number of ketones is 1. The number of methoxy groups -OCH3 is 1. The highest BCUT2D eigenvalue weighted by molar-refractivity contribution is 6.31. The third-order valence-electron chi connectivity index (χ3n) is 7.20. The Morgan fingerprint density at radius 1 is 1.08 bits per heavy atom. The summed E-state index contributed by atoms with van der Waals surface area (Å²) in [7, 11) is 1.51. The van der Waals surface area contributed by atoms with Gasteiger partial charge in [0.2, 0.25) is 0 Å². The number of carbonyl (C=O) groups is 2. The molecule has 3 unspecified atom stereocenters. The Morgan fingerprint density at radius 2 is 1.87 bits per heavy atom. The number of hydrogen-bond donors (Lipinski definition) is 1. The quantitative estimate of drug-likeness (QED) is 0.345. The van der Waals surface area contributed by atoms with Crippen LogP contribution in [0, 0.1) is 12.8 Å². The average Bonchev–Trinajstić information content (AvgIpc) is 2.89. The maximum atomic E-state index is 13.8. The van der Waals surface area contributed by atoms with Crippen molar-refractivity contribution in [2.45, 2.75) is 32.1 Å². The Bertz CT molecular complexity index is 1550. The van der Waals surface area contributed by atoms with Crippen molar-refractivity contribution in [1.29, 1.82) is 0 Å². The van der Waals surface area contributed by atoms with Crippen LogP contribution in [0.4, 0.5) is 0 Å². The highest BCUT2D eigenvalue weighted by Gasteiger charge is 2.46. The van der Waals surface area contributed by atoms with Crippen LogP contribution in [0.15, 0.2) is 81.0 Å². The van der Waals surface area contributed by atoms with Crippen molar-refractivity contribution < 1.29 is 23.5 Å². The molecule has 0 spiro atoms. The molecule has 3 aromatic rings. The molecule has 0 radical (unpaired) electrons. The molecular weight excluding hydrogens is 506 g/mol. The molecule has 1 N–H and O–H groups in total. The highest BCUT2D eigenvalue weighted by atomic mass is 35.5. The molecule has 1 aliphatic heterocycles. The minimum atomic E-state index is -0.876. The van der Waals surface area contributed by atoms with Gasteiger partial charge in [-0.25, -0.2) is 4.79 Å². The fourth-order valence-electron chi connectivity index (χ4n) is 5.43. The van der Waals surface area contributed by atoms with E-state index < -0.39 is 17.8 Å². The standard InChI is InChI=1S/C30H28ClNO6/c1-16-8-9-25-20(12-16)29(34)21(15-38-25)27-26(30(35)37-11-10-36-3)17(2)32-23-13-18(14-24(33)28(23)27)19-6-4-5-7-22(19)31/h4-9,12-13,15,18,27-28,32H,10-11,14H2,1-3H3. The van der Waals surface area contributed by atoms with Crippen molar-refractivity contribution in [3.8, 4) is 0 Å². The summed E-state index contributed by atoms with van der Waals surface area (Å²) in [6.07, 6.45) is 3.53. The topological polar surface area (TPSA) is 94.8 Å². The molecule has 0 amide bonds. The van der Waals surface area contributed by atoms with Crippen LogP contribution in [0.5, 0.6) is 0 Å². The lowest BCUT2D eigenvalue weighted by atomic mass is 9.68. The van der Waals surface area contributed by atoms with Gasteiger partial charge in [0.1, 0.15) is 18.0 Å². The zero-order chi connectivity index (χ0) is 27.0. The van der Waals surface area contributed by atoms with Crippen LogP contribution in [-0.4, -0.2) is 32.1 Å². The van der Waals surface area contributed by atoms with E-state index in [-0.39, 0.29) is 47.9 Å². The van der Waals surface area contributed by atoms with E-state index >= 15 is 0 Å². The van der Waals surface area contributed by atoms with Crippen molar-refractivity contribution >= 4 is 34.3 Å². The number of hydrogen-bond acceptors (Lipinski definition) is 7.